The molecule has 1 N–H and O–H groups in total. The van der Waals surface area contributed by atoms with Gasteiger partial charge in [0.1, 0.15) is 5.60 Å². The van der Waals surface area contributed by atoms with E-state index in [2.05, 4.69) is 44.1 Å². The van der Waals surface area contributed by atoms with Gasteiger partial charge in [-0.05, 0) is 75.8 Å². The minimum atomic E-state index is -0.683. The normalized spacial score (nSPS) is 11.4. The average molecular weight is 609 g/mol. The molecule has 3 rings (SSSR count). The Bertz CT molecular complexity index is 1350. The van der Waals surface area contributed by atoms with Crippen molar-refractivity contribution in [1.82, 2.24) is 24.2 Å². The first-order valence-electron chi connectivity index (χ1n) is 11.4. The summed E-state index contributed by atoms with van der Waals surface area (Å²) in [4.78, 5) is 31.4. The van der Waals surface area contributed by atoms with Gasteiger partial charge in [-0.3, -0.25) is 14.8 Å². The Labute approximate surface area is 222 Å². The fourth-order valence-corrected chi connectivity index (χ4v) is 4.56. The van der Waals surface area contributed by atoms with Crippen molar-refractivity contribution in [3.63, 3.8) is 0 Å². The number of carbonyl (C=O) groups excluding carboxylic acids is 2. The topological polar surface area (TPSA) is 118 Å². The van der Waals surface area contributed by atoms with E-state index < -0.39 is 23.4 Å². The van der Waals surface area contributed by atoms with E-state index in [1.165, 1.54) is 16.5 Å². The number of aromatic nitrogens is 4. The maximum Gasteiger partial charge on any atom is 0.410 e. The molecule has 2 heterocycles. The van der Waals surface area contributed by atoms with Crippen LogP contribution < -0.4 is 5.32 Å². The van der Waals surface area contributed by atoms with Crippen LogP contribution in [0.3, 0.4) is 0 Å². The van der Waals surface area contributed by atoms with E-state index in [1.807, 2.05) is 0 Å². The van der Waals surface area contributed by atoms with Crippen LogP contribution in [-0.2, 0) is 17.8 Å². The van der Waals surface area contributed by atoms with E-state index in [4.69, 9.17) is 4.74 Å². The van der Waals surface area contributed by atoms with E-state index >= 15 is 0 Å². The molecule has 1 aromatic carbocycles. The molecule has 192 valence electrons. The lowest BCUT2D eigenvalue weighted by Gasteiger charge is -2.24. The second kappa shape index (κ2) is 10.8. The Hall–Kier alpha value is -3.21. The number of nitrogens with one attached hydrogen (secondary N) is 1. The fourth-order valence-electron chi connectivity index (χ4n) is 3.66. The third-order valence-corrected chi connectivity index (χ3v) is 6.12. The summed E-state index contributed by atoms with van der Waals surface area (Å²) in [5.74, 6) is -1.14. The van der Waals surface area contributed by atoms with Gasteiger partial charge in [0, 0.05) is 30.3 Å². The van der Waals surface area contributed by atoms with Crippen LogP contribution in [0.1, 0.15) is 55.9 Å². The molecule has 0 saturated heterocycles. The van der Waals surface area contributed by atoms with E-state index in [9.17, 15) is 19.2 Å². The number of benzene rings is 1. The number of fused-ring (bicyclic) bond motifs is 1. The number of halogens is 2. The monoisotopic (exact) mass is 609 g/mol. The average Bonchev–Trinajstić information content (AvgIpc) is 3.28. The number of aryl methyl sites for hydroxylation is 3. The van der Waals surface area contributed by atoms with Crippen LogP contribution in [-0.4, -0.2) is 55.4 Å². The molecular weight excluding hydrogens is 580 g/mol. The van der Waals surface area contributed by atoms with Gasteiger partial charge < -0.3 is 14.2 Å². The minimum absolute atomic E-state index is 0.133. The number of amides is 2. The lowest BCUT2D eigenvalue weighted by molar-refractivity contribution is 0.0295. The highest BCUT2D eigenvalue weighted by Gasteiger charge is 2.25. The maximum absolute atomic E-state index is 14.7. The fraction of sp³-hybridized carbons (Fsp3) is 0.458. The van der Waals surface area contributed by atoms with E-state index in [0.717, 1.165) is 9.09 Å². The summed E-state index contributed by atoms with van der Waals surface area (Å²) >= 11 is 2.12. The van der Waals surface area contributed by atoms with Crippen LogP contribution in [0.5, 0.6) is 0 Å². The lowest BCUT2D eigenvalue weighted by Crippen LogP contribution is -2.35. The molecule has 0 saturated carbocycles. The van der Waals surface area contributed by atoms with Gasteiger partial charge in [0.15, 0.2) is 11.5 Å². The first-order valence-corrected chi connectivity index (χ1v) is 12.5. The summed E-state index contributed by atoms with van der Waals surface area (Å²) in [6.07, 6.45) is 0.0963. The summed E-state index contributed by atoms with van der Waals surface area (Å²) in [5.41, 5.74) is 1.04. The van der Waals surface area contributed by atoms with Gasteiger partial charge in [-0.1, -0.05) is 0 Å². The Morgan fingerprint density at radius 3 is 2.64 bits per heavy atom. The molecule has 0 bridgehead atoms. The van der Waals surface area contributed by atoms with Gasteiger partial charge in [-0.15, -0.1) is 0 Å². The minimum Gasteiger partial charge on any atom is -0.444 e. The van der Waals surface area contributed by atoms with Crippen molar-refractivity contribution in [3.05, 3.63) is 38.5 Å². The standard InChI is InChI=1S/C24H29FIN7O3/c1-7-33-20(18(25)14(2)30-33)21(34)29-22-28-17-12-15(13-27)11-16(26)19(17)32(22)10-8-9-31(6)23(35)36-24(3,4)5/h11-12H,7-10H2,1-6H3,(H,28,29,34). The maximum atomic E-state index is 14.7. The summed E-state index contributed by atoms with van der Waals surface area (Å²) in [6, 6.07) is 5.48. The van der Waals surface area contributed by atoms with Crippen molar-refractivity contribution in [2.24, 2.45) is 0 Å². The SMILES string of the molecule is CCn1nc(C)c(F)c1C(=O)Nc1nc2cc(C#N)cc(I)c2n1CCCN(C)C(=O)OC(C)(C)C. The summed E-state index contributed by atoms with van der Waals surface area (Å²) < 4.78 is 23.9. The number of hydrogen-bond donors (Lipinski definition) is 1. The molecule has 2 aromatic heterocycles. The number of ether oxygens (including phenoxy) is 1. The molecule has 12 heteroatoms. The van der Waals surface area contributed by atoms with Gasteiger partial charge in [0.25, 0.3) is 5.91 Å². The van der Waals surface area contributed by atoms with Crippen molar-refractivity contribution in [3.8, 4) is 6.07 Å². The molecule has 3 aromatic rings. The Morgan fingerprint density at radius 1 is 1.33 bits per heavy atom. The first kappa shape index (κ1) is 27.4. The summed E-state index contributed by atoms with van der Waals surface area (Å²) in [5, 5.41) is 16.2. The third kappa shape index (κ3) is 5.95. The molecule has 0 fully saturated rings. The molecule has 36 heavy (non-hydrogen) atoms. The molecule has 2 amide bonds. The van der Waals surface area contributed by atoms with Crippen molar-refractivity contribution >= 4 is 51.6 Å². The number of nitrogens with zero attached hydrogens (tertiary/aromatic N) is 6. The number of carbonyl (C=O) groups is 2. The number of imidazole rings is 1. The zero-order chi connectivity index (χ0) is 26.8. The van der Waals surface area contributed by atoms with Gasteiger partial charge in [-0.25, -0.2) is 14.2 Å². The van der Waals surface area contributed by atoms with Crippen molar-refractivity contribution in [2.45, 2.75) is 59.7 Å². The van der Waals surface area contributed by atoms with Crippen LogP contribution >= 0.6 is 22.6 Å². The number of rotatable bonds is 7. The van der Waals surface area contributed by atoms with Gasteiger partial charge in [0.05, 0.1) is 28.4 Å². The molecule has 10 nitrogen and oxygen atoms in total. The molecule has 0 aliphatic heterocycles. The zero-order valence-electron chi connectivity index (χ0n) is 21.1. The van der Waals surface area contributed by atoms with Crippen LogP contribution in [0.2, 0.25) is 0 Å². The highest BCUT2D eigenvalue weighted by molar-refractivity contribution is 14.1. The Morgan fingerprint density at radius 2 is 2.03 bits per heavy atom. The predicted molar refractivity (Wildman–Crippen MR) is 141 cm³/mol. The quantitative estimate of drug-likeness (QED) is 0.389. The van der Waals surface area contributed by atoms with E-state index in [-0.39, 0.29) is 17.3 Å². The van der Waals surface area contributed by atoms with Gasteiger partial charge in [-0.2, -0.15) is 10.4 Å². The number of nitriles is 1. The molecule has 0 unspecified atom stereocenters. The Kier molecular flexibility index (Phi) is 8.22. The highest BCUT2D eigenvalue weighted by atomic mass is 127. The second-order valence-corrected chi connectivity index (χ2v) is 10.5. The highest BCUT2D eigenvalue weighted by Crippen LogP contribution is 2.27. The zero-order valence-corrected chi connectivity index (χ0v) is 23.3. The molecule has 0 spiro atoms. The molecule has 0 aliphatic rings. The smallest absolute Gasteiger partial charge is 0.410 e. The van der Waals surface area contributed by atoms with Crippen LogP contribution in [0.4, 0.5) is 15.1 Å². The van der Waals surface area contributed by atoms with Gasteiger partial charge in [0.2, 0.25) is 5.95 Å². The molecule has 0 radical (unpaired) electrons. The molecule has 0 atom stereocenters. The number of anilines is 1. The lowest BCUT2D eigenvalue weighted by atomic mass is 10.2. The third-order valence-electron chi connectivity index (χ3n) is 5.30. The molecular formula is C24H29FIN7O3. The first-order chi connectivity index (χ1) is 16.9. The van der Waals surface area contributed by atoms with E-state index in [1.54, 1.807) is 51.4 Å². The molecule has 0 aliphatic carbocycles. The van der Waals surface area contributed by atoms with E-state index in [0.29, 0.717) is 37.1 Å². The van der Waals surface area contributed by atoms with Crippen LogP contribution in [0, 0.1) is 27.6 Å². The van der Waals surface area contributed by atoms with Gasteiger partial charge >= 0.3 is 6.09 Å². The second-order valence-electron chi connectivity index (χ2n) is 9.30. The predicted octanol–water partition coefficient (Wildman–Crippen LogP) is 4.69. The van der Waals surface area contributed by atoms with Crippen molar-refractivity contribution in [2.75, 3.05) is 18.9 Å². The summed E-state index contributed by atoms with van der Waals surface area (Å²) in [7, 11) is 1.66. The van der Waals surface area contributed by atoms with Crippen LogP contribution in [0.25, 0.3) is 11.0 Å². The summed E-state index contributed by atoms with van der Waals surface area (Å²) in [6.45, 7) is 9.80. The van der Waals surface area contributed by atoms with Crippen molar-refractivity contribution in [1.29, 1.82) is 5.26 Å². The van der Waals surface area contributed by atoms with Crippen LogP contribution in [0.15, 0.2) is 12.1 Å². The number of hydrogen-bond acceptors (Lipinski definition) is 6. The Balaban J connectivity index is 1.92. The van der Waals surface area contributed by atoms with Crippen molar-refractivity contribution < 1.29 is 18.7 Å². The largest absolute Gasteiger partial charge is 0.444 e.